The number of aliphatic imine (C=N–C) groups is 4. The zero-order valence-corrected chi connectivity index (χ0v) is 72.7. The number of thioether (sulfide) groups is 4. The third-order valence-corrected chi connectivity index (χ3v) is 23.1. The highest BCUT2D eigenvalue weighted by Gasteiger charge is 2.38. The molecule has 0 bridgehead atoms. The van der Waals surface area contributed by atoms with Crippen LogP contribution in [0.4, 0.5) is 68.2 Å². The molecule has 0 saturated heterocycles. The summed E-state index contributed by atoms with van der Waals surface area (Å²) < 4.78 is 26.8. The smallest absolute Gasteiger partial charge is 0.174 e. The van der Waals surface area contributed by atoms with Crippen molar-refractivity contribution in [2.45, 2.75) is 27.7 Å². The van der Waals surface area contributed by atoms with E-state index in [-0.39, 0.29) is 0 Å². The number of para-hydroxylation sites is 8. The molecule has 0 unspecified atom stereocenters. The summed E-state index contributed by atoms with van der Waals surface area (Å²) in [6.07, 6.45) is 0. The minimum atomic E-state index is 0.347. The van der Waals surface area contributed by atoms with E-state index in [1.54, 1.807) is 47.0 Å². The van der Waals surface area contributed by atoms with Gasteiger partial charge in [-0.15, -0.1) is 0 Å². The molecule has 0 spiro atoms. The second-order valence-corrected chi connectivity index (χ2v) is 32.6. The Hall–Kier alpha value is -11.6. The van der Waals surface area contributed by atoms with Crippen molar-refractivity contribution in [2.24, 2.45) is 20.0 Å². The van der Waals surface area contributed by atoms with Gasteiger partial charge in [0.25, 0.3) is 0 Å². The van der Waals surface area contributed by atoms with Crippen LogP contribution in [0.5, 0.6) is 0 Å². The van der Waals surface area contributed by atoms with E-state index < -0.39 is 0 Å². The van der Waals surface area contributed by atoms with Gasteiger partial charge in [-0.1, -0.05) is 263 Å². The highest BCUT2D eigenvalue weighted by molar-refractivity contribution is 8.15. The van der Waals surface area contributed by atoms with E-state index in [1.165, 1.54) is 0 Å². The molecule has 0 fully saturated rings. The first-order valence-electron chi connectivity index (χ1n) is 40.4. The molecule has 16 nitrogen and oxygen atoms in total. The Kier molecular flexibility index (Phi) is 32.4. The molecule has 0 radical (unpaired) electrons. The topological polar surface area (TPSA) is 112 Å². The summed E-state index contributed by atoms with van der Waals surface area (Å²) in [6.45, 7) is 11.4. The number of hydrogen-bond acceptors (Lipinski definition) is 16. The van der Waals surface area contributed by atoms with Gasteiger partial charge in [-0.05, 0) is 173 Å². The molecular formula is C100H104N12O4S4. The van der Waals surface area contributed by atoms with Crippen LogP contribution in [0.3, 0.4) is 0 Å². The summed E-state index contributed by atoms with van der Waals surface area (Å²) in [7, 11) is 8.57. The fourth-order valence-corrected chi connectivity index (χ4v) is 16.7. The maximum atomic E-state index is 6.69. The van der Waals surface area contributed by atoms with Crippen LogP contribution in [0.1, 0.15) is 22.3 Å². The van der Waals surface area contributed by atoms with Crippen LogP contribution in [0, 0.1) is 27.7 Å². The summed E-state index contributed by atoms with van der Waals surface area (Å²) in [5.41, 5.74) is 14.9. The number of ether oxygens (including phenoxy) is 4. The van der Waals surface area contributed by atoms with Crippen LogP contribution in [0.2, 0.25) is 0 Å². The van der Waals surface area contributed by atoms with Gasteiger partial charge in [0.1, 0.15) is 0 Å². The van der Waals surface area contributed by atoms with Crippen molar-refractivity contribution in [3.8, 4) is 0 Å². The van der Waals surface area contributed by atoms with E-state index in [1.807, 2.05) is 72.8 Å². The van der Waals surface area contributed by atoms with Gasteiger partial charge in [0.15, 0.2) is 44.0 Å². The van der Waals surface area contributed by atoms with Gasteiger partial charge in [-0.25, -0.2) is 20.0 Å². The van der Waals surface area contributed by atoms with Crippen LogP contribution in [-0.4, -0.2) is 125 Å². The fourth-order valence-electron chi connectivity index (χ4n) is 13.2. The van der Waals surface area contributed by atoms with Crippen molar-refractivity contribution < 1.29 is 18.9 Å². The molecule has 0 aromatic heterocycles. The number of aryl methyl sites for hydroxylation is 4. The molecule has 1 heterocycles. The van der Waals surface area contributed by atoms with E-state index in [4.69, 9.17) is 38.9 Å². The lowest BCUT2D eigenvalue weighted by Crippen LogP contribution is -2.46. The van der Waals surface area contributed by atoms with E-state index in [0.717, 1.165) is 114 Å². The molecule has 13 rings (SSSR count). The molecule has 12 aromatic rings. The number of benzene rings is 12. The van der Waals surface area contributed by atoms with Crippen LogP contribution in [0.25, 0.3) is 0 Å². The monoisotopic (exact) mass is 1660 g/mol. The number of amidine groups is 4. The van der Waals surface area contributed by atoms with E-state index in [9.17, 15) is 0 Å². The van der Waals surface area contributed by atoms with Crippen molar-refractivity contribution in [2.75, 3.05) is 143 Å². The summed E-state index contributed by atoms with van der Waals surface area (Å²) in [5, 5.41) is 2.83. The first-order chi connectivity index (χ1) is 58.9. The summed E-state index contributed by atoms with van der Waals surface area (Å²) in [5.74, 6) is 5.23. The molecule has 0 atom stereocenters. The van der Waals surface area contributed by atoms with Gasteiger partial charge in [0.05, 0.1) is 75.6 Å². The Morgan fingerprint density at radius 2 is 0.383 bits per heavy atom. The third-order valence-electron chi connectivity index (χ3n) is 19.5. The third kappa shape index (κ3) is 23.9. The molecule has 1 aliphatic heterocycles. The Morgan fingerprint density at radius 3 is 0.558 bits per heavy atom. The van der Waals surface area contributed by atoms with E-state index in [0.29, 0.717) is 96.5 Å². The highest BCUT2D eigenvalue weighted by atomic mass is 32.2. The Labute approximate surface area is 725 Å². The van der Waals surface area contributed by atoms with Crippen molar-refractivity contribution in [3.63, 3.8) is 0 Å². The normalized spacial score (nSPS) is 17.5. The highest BCUT2D eigenvalue weighted by Crippen LogP contribution is 2.42. The maximum absolute atomic E-state index is 6.69. The maximum Gasteiger partial charge on any atom is 0.174 e. The number of hydrogen-bond donors (Lipinski definition) is 0. The summed E-state index contributed by atoms with van der Waals surface area (Å²) >= 11 is 6.52. The quantitative estimate of drug-likeness (QED) is 0.0914. The average molecular weight is 1670 g/mol. The van der Waals surface area contributed by atoms with Gasteiger partial charge < -0.3 is 38.5 Å². The number of nitrogens with zero attached hydrogens (tertiary/aromatic N) is 12. The van der Waals surface area contributed by atoms with Crippen LogP contribution in [-0.2, 0) is 18.9 Å². The predicted octanol–water partition coefficient (Wildman–Crippen LogP) is 23.8. The molecular weight excluding hydrogens is 1560 g/mol. The Morgan fingerprint density at radius 1 is 0.217 bits per heavy atom. The Bertz CT molecular complexity index is 4650. The number of rotatable bonds is 16. The first-order valence-corrected chi connectivity index (χ1v) is 44.3. The summed E-state index contributed by atoms with van der Waals surface area (Å²) in [4.78, 5) is 41.2. The number of anilines is 8. The molecule has 12 aromatic carbocycles. The van der Waals surface area contributed by atoms with Crippen molar-refractivity contribution in [1.82, 2.24) is 0 Å². The van der Waals surface area contributed by atoms with Gasteiger partial charge in [-0.2, -0.15) is 0 Å². The van der Waals surface area contributed by atoms with Crippen LogP contribution in [0.15, 0.2) is 383 Å². The van der Waals surface area contributed by atoms with Crippen LogP contribution < -0.4 is 39.2 Å². The first kappa shape index (κ1) is 86.3. The molecule has 0 amide bonds. The average Bonchev–Trinajstić information content (AvgIpc) is 0.758. The van der Waals surface area contributed by atoms with Crippen molar-refractivity contribution in [3.05, 3.63) is 385 Å². The van der Waals surface area contributed by atoms with E-state index >= 15 is 0 Å². The zero-order chi connectivity index (χ0) is 83.0. The van der Waals surface area contributed by atoms with Gasteiger partial charge in [0, 0.05) is 96.7 Å². The second-order valence-electron chi connectivity index (χ2n) is 28.3. The lowest BCUT2D eigenvalue weighted by atomic mass is 10.2. The molecule has 0 saturated carbocycles. The predicted molar refractivity (Wildman–Crippen MR) is 515 cm³/mol. The van der Waals surface area contributed by atoms with E-state index in [2.05, 4.69) is 362 Å². The molecule has 0 aliphatic carbocycles. The Balaban J connectivity index is 0.955. The minimum Gasteiger partial charge on any atom is -0.378 e. The molecule has 1 aliphatic rings. The SMILES string of the molecule is Cc1ccc(N2C(=Nc3ccccc3)SCCOCCOCCSC(=Nc3ccccc3)N(c3ccc(C)cc3)/C(N(C)c3ccccc3)=C(/N(C)c3ccccc3)N(c3ccc(C)cc3)C(=Nc3ccccc3)SCCOCCOCCSC(=Nc3ccccc3)N(c3ccc(C)cc3)/C(N(C)c3ccccc3)=C\2N(C)c2ccccc2)cc1. The molecule has 612 valence electrons. The fraction of sp³-hybridized carbons (Fsp3) is 0.200. The van der Waals surface area contributed by atoms with Gasteiger partial charge in [0.2, 0.25) is 0 Å². The molecule has 120 heavy (non-hydrogen) atoms. The van der Waals surface area contributed by atoms with Crippen LogP contribution >= 0.6 is 47.0 Å². The van der Waals surface area contributed by atoms with Crippen molar-refractivity contribution in [1.29, 1.82) is 0 Å². The lowest BCUT2D eigenvalue weighted by molar-refractivity contribution is 0.0606. The molecule has 20 heteroatoms. The second kappa shape index (κ2) is 45.0. The van der Waals surface area contributed by atoms with Gasteiger partial charge in [-0.3, -0.25) is 19.6 Å². The zero-order valence-electron chi connectivity index (χ0n) is 69.4. The standard InChI is InChI=1S/C100H104N12O4S4/c1-77-49-57-89(58-50-77)109-93(105(5)85-41-25-13-26-42-85)94(106(6)86-43-27-14-28-44-86)110(90-59-51-78(2)52-60-90)98(102-82-35-19-10-20-36-82)118-74-70-115-67-68-116-72-76-120-100(104-84-39-23-12-24-40-84)112(92-63-55-80(4)56-64-92)96(108(8)88-47-31-16-32-48-88)95(107(7)87-45-29-15-30-46-87)111(91-61-53-79(3)54-62-91)99(103-83-37-21-11-22-38-83)119-75-71-114-66-65-113-69-73-117-97(109)101-81-33-17-9-18-34-81/h9-64H,65-76H2,1-8H3/b94-93-,96-95-,101-97?,102-98?,103-99?,104-100?. The largest absolute Gasteiger partial charge is 0.378 e. The minimum absolute atomic E-state index is 0.347. The molecule has 0 N–H and O–H groups in total. The van der Waals surface area contributed by atoms with Crippen molar-refractivity contribution >= 4 is 136 Å². The van der Waals surface area contributed by atoms with Gasteiger partial charge >= 0.3 is 0 Å². The lowest BCUT2D eigenvalue weighted by Gasteiger charge is -2.42. The summed E-state index contributed by atoms with van der Waals surface area (Å²) in [6, 6.07) is 118.